The molecule has 1 heterocycles. The molecule has 1 amide bonds. The van der Waals surface area contributed by atoms with Crippen LogP contribution >= 0.6 is 0 Å². The van der Waals surface area contributed by atoms with Gasteiger partial charge in [0.1, 0.15) is 0 Å². The Morgan fingerprint density at radius 1 is 1.00 bits per heavy atom. The fourth-order valence-electron chi connectivity index (χ4n) is 6.22. The third kappa shape index (κ3) is 3.42. The normalized spacial score (nSPS) is 39.0. The van der Waals surface area contributed by atoms with E-state index >= 15 is 0 Å². The second-order valence-electron chi connectivity index (χ2n) is 9.32. The quantitative estimate of drug-likeness (QED) is 0.799. The van der Waals surface area contributed by atoms with E-state index in [1.54, 1.807) is 0 Å². The number of carbonyl (C=O) groups excluding carboxylic acids is 1. The highest BCUT2D eigenvalue weighted by Crippen LogP contribution is 2.56. The number of allylic oxidation sites excluding steroid dienone is 1. The van der Waals surface area contributed by atoms with Crippen molar-refractivity contribution in [1.82, 2.24) is 10.2 Å². The van der Waals surface area contributed by atoms with Crippen molar-refractivity contribution < 1.29 is 4.79 Å². The van der Waals surface area contributed by atoms with Crippen molar-refractivity contribution in [2.24, 2.45) is 29.6 Å². The molecule has 1 aliphatic heterocycles. The summed E-state index contributed by atoms with van der Waals surface area (Å²) in [5.41, 5.74) is 1.40. The number of rotatable bonds is 4. The van der Waals surface area contributed by atoms with E-state index in [0.29, 0.717) is 29.7 Å². The summed E-state index contributed by atoms with van der Waals surface area (Å²) in [6, 6.07) is 0.414. The highest BCUT2D eigenvalue weighted by Gasteiger charge is 2.50. The van der Waals surface area contributed by atoms with Gasteiger partial charge in [-0.1, -0.05) is 11.6 Å². The summed E-state index contributed by atoms with van der Waals surface area (Å²) in [5.74, 6) is 4.08. The number of carbonyl (C=O) groups is 1. The van der Waals surface area contributed by atoms with Gasteiger partial charge >= 0.3 is 0 Å². The van der Waals surface area contributed by atoms with Crippen LogP contribution in [0.25, 0.3) is 0 Å². The Labute approximate surface area is 147 Å². The lowest BCUT2D eigenvalue weighted by molar-refractivity contribution is -0.139. The smallest absolute Gasteiger partial charge is 0.223 e. The lowest BCUT2D eigenvalue weighted by Gasteiger charge is -2.53. The van der Waals surface area contributed by atoms with E-state index in [4.69, 9.17) is 0 Å². The van der Waals surface area contributed by atoms with Crippen molar-refractivity contribution in [3.8, 4) is 0 Å². The van der Waals surface area contributed by atoms with Crippen LogP contribution in [0, 0.1) is 29.6 Å². The first-order chi connectivity index (χ1) is 11.6. The Bertz CT molecular complexity index is 472. The van der Waals surface area contributed by atoms with Crippen LogP contribution in [0.2, 0.25) is 0 Å². The van der Waals surface area contributed by atoms with Gasteiger partial charge in [-0.15, -0.1) is 0 Å². The number of nitrogens with one attached hydrogen (secondary N) is 1. The predicted molar refractivity (Wildman–Crippen MR) is 97.6 cm³/mol. The van der Waals surface area contributed by atoms with Crippen LogP contribution in [-0.4, -0.2) is 36.5 Å². The van der Waals surface area contributed by atoms with Gasteiger partial charge in [-0.2, -0.15) is 0 Å². The number of piperidine rings is 1. The maximum absolute atomic E-state index is 13.0. The Morgan fingerprint density at radius 3 is 2.12 bits per heavy atom. The van der Waals surface area contributed by atoms with Crippen LogP contribution in [0.3, 0.4) is 0 Å². The van der Waals surface area contributed by atoms with Gasteiger partial charge in [-0.3, -0.25) is 9.69 Å². The standard InChI is InChI=1S/C21H34N2O/c1-14(2)3-6-23-7-4-19(5-8-23)22-21(24)20-17-10-15-9-16(12-17)13-18(20)11-15/h3,15-20H,4-13H2,1-2H3,(H,22,24). The largest absolute Gasteiger partial charge is 0.353 e. The molecule has 0 aromatic heterocycles. The molecule has 4 aliphatic carbocycles. The first-order valence-corrected chi connectivity index (χ1v) is 10.2. The molecule has 3 nitrogen and oxygen atoms in total. The molecule has 0 aromatic rings. The average Bonchev–Trinajstić information content (AvgIpc) is 2.53. The number of likely N-dealkylation sites (tertiary alicyclic amines) is 1. The second kappa shape index (κ2) is 6.82. The summed E-state index contributed by atoms with van der Waals surface area (Å²) in [5, 5.41) is 3.45. The Kier molecular flexibility index (Phi) is 4.73. The summed E-state index contributed by atoms with van der Waals surface area (Å²) in [6.07, 6.45) is 11.4. The summed E-state index contributed by atoms with van der Waals surface area (Å²) in [4.78, 5) is 15.5. The van der Waals surface area contributed by atoms with Crippen molar-refractivity contribution in [1.29, 1.82) is 0 Å². The van der Waals surface area contributed by atoms with Gasteiger partial charge < -0.3 is 5.32 Å². The Morgan fingerprint density at radius 2 is 1.58 bits per heavy atom. The van der Waals surface area contributed by atoms with E-state index in [-0.39, 0.29) is 0 Å². The lowest BCUT2D eigenvalue weighted by atomic mass is 9.51. The number of hydrogen-bond donors (Lipinski definition) is 1. The minimum absolute atomic E-state index is 0.349. The fourth-order valence-corrected chi connectivity index (χ4v) is 6.22. The molecule has 134 valence electrons. The molecule has 1 N–H and O–H groups in total. The van der Waals surface area contributed by atoms with E-state index in [9.17, 15) is 4.79 Å². The van der Waals surface area contributed by atoms with Crippen molar-refractivity contribution in [3.63, 3.8) is 0 Å². The minimum Gasteiger partial charge on any atom is -0.353 e. The van der Waals surface area contributed by atoms with E-state index in [0.717, 1.165) is 44.3 Å². The topological polar surface area (TPSA) is 32.3 Å². The fraction of sp³-hybridized carbons (Fsp3) is 0.857. The zero-order valence-corrected chi connectivity index (χ0v) is 15.5. The van der Waals surface area contributed by atoms with Crippen LogP contribution < -0.4 is 5.32 Å². The minimum atomic E-state index is 0.349. The molecule has 24 heavy (non-hydrogen) atoms. The summed E-state index contributed by atoms with van der Waals surface area (Å²) >= 11 is 0. The summed E-state index contributed by atoms with van der Waals surface area (Å²) in [6.45, 7) is 7.64. The average molecular weight is 331 g/mol. The van der Waals surface area contributed by atoms with Crippen LogP contribution in [-0.2, 0) is 4.79 Å². The van der Waals surface area contributed by atoms with Crippen molar-refractivity contribution >= 4 is 5.91 Å². The zero-order valence-electron chi connectivity index (χ0n) is 15.5. The molecule has 4 saturated carbocycles. The van der Waals surface area contributed by atoms with Crippen molar-refractivity contribution in [3.05, 3.63) is 11.6 Å². The highest BCUT2D eigenvalue weighted by molar-refractivity contribution is 5.80. The molecular weight excluding hydrogens is 296 g/mol. The molecule has 5 fully saturated rings. The van der Waals surface area contributed by atoms with Gasteiger partial charge in [0.25, 0.3) is 0 Å². The highest BCUT2D eigenvalue weighted by atomic mass is 16.2. The molecule has 0 aromatic carbocycles. The predicted octanol–water partition coefficient (Wildman–Crippen LogP) is 3.61. The Balaban J connectivity index is 1.28. The van der Waals surface area contributed by atoms with Crippen molar-refractivity contribution in [2.75, 3.05) is 19.6 Å². The third-order valence-corrected chi connectivity index (χ3v) is 7.22. The molecule has 0 radical (unpaired) electrons. The monoisotopic (exact) mass is 330 g/mol. The maximum atomic E-state index is 13.0. The van der Waals surface area contributed by atoms with Gasteiger partial charge in [0.15, 0.2) is 0 Å². The molecule has 0 spiro atoms. The number of amides is 1. The van der Waals surface area contributed by atoms with E-state index in [1.807, 2.05) is 0 Å². The van der Waals surface area contributed by atoms with Crippen molar-refractivity contribution in [2.45, 2.75) is 64.8 Å². The number of hydrogen-bond acceptors (Lipinski definition) is 2. The van der Waals surface area contributed by atoms with E-state index in [2.05, 4.69) is 30.1 Å². The zero-order chi connectivity index (χ0) is 16.7. The van der Waals surface area contributed by atoms with Crippen LogP contribution in [0.1, 0.15) is 58.8 Å². The second-order valence-corrected chi connectivity index (χ2v) is 9.32. The first kappa shape index (κ1) is 16.6. The molecular formula is C21H34N2O. The van der Waals surface area contributed by atoms with Crippen LogP contribution in [0.5, 0.6) is 0 Å². The van der Waals surface area contributed by atoms with Gasteiger partial charge in [0.05, 0.1) is 0 Å². The van der Waals surface area contributed by atoms with E-state index in [1.165, 1.54) is 37.7 Å². The molecule has 5 rings (SSSR count). The van der Waals surface area contributed by atoms with E-state index < -0.39 is 0 Å². The summed E-state index contributed by atoms with van der Waals surface area (Å²) < 4.78 is 0. The number of nitrogens with zero attached hydrogens (tertiary/aromatic N) is 1. The van der Waals surface area contributed by atoms with Gasteiger partial charge in [0.2, 0.25) is 5.91 Å². The molecule has 0 unspecified atom stereocenters. The first-order valence-electron chi connectivity index (χ1n) is 10.2. The molecule has 5 aliphatic rings. The SMILES string of the molecule is CC(C)=CCN1CCC(NC(=O)C2C3CC4CC(C3)CC2C4)CC1. The lowest BCUT2D eigenvalue weighted by Crippen LogP contribution is -2.53. The molecule has 0 atom stereocenters. The van der Waals surface area contributed by atoms with Gasteiger partial charge in [0, 0.05) is 31.6 Å². The van der Waals surface area contributed by atoms with Gasteiger partial charge in [-0.05, 0) is 82.5 Å². The Hall–Kier alpha value is -0.830. The maximum Gasteiger partial charge on any atom is 0.223 e. The summed E-state index contributed by atoms with van der Waals surface area (Å²) in [7, 11) is 0. The van der Waals surface area contributed by atoms with Crippen LogP contribution in [0.4, 0.5) is 0 Å². The molecule has 3 heteroatoms. The molecule has 1 saturated heterocycles. The third-order valence-electron chi connectivity index (χ3n) is 7.22. The molecule has 4 bridgehead atoms. The van der Waals surface area contributed by atoms with Crippen LogP contribution in [0.15, 0.2) is 11.6 Å². The van der Waals surface area contributed by atoms with Gasteiger partial charge in [-0.25, -0.2) is 0 Å².